The van der Waals surface area contributed by atoms with Gasteiger partial charge in [-0.15, -0.1) is 0 Å². The summed E-state index contributed by atoms with van der Waals surface area (Å²) in [4.78, 5) is 74.7. The molecule has 2 aliphatic rings. The van der Waals surface area contributed by atoms with E-state index < -0.39 is 61.4 Å². The molecule has 16 nitrogen and oxygen atoms in total. The minimum atomic E-state index is -1.44. The number of carboxylic acid groups (broad SMARTS) is 5. The van der Waals surface area contributed by atoms with Gasteiger partial charge in [0, 0.05) is 11.0 Å². The number of hydrogen-bond acceptors (Lipinski definition) is 11. The van der Waals surface area contributed by atoms with Gasteiger partial charge in [-0.1, -0.05) is 32.1 Å². The van der Waals surface area contributed by atoms with Gasteiger partial charge in [0.25, 0.3) is 0 Å². The van der Waals surface area contributed by atoms with Crippen molar-refractivity contribution >= 4 is 52.6 Å². The van der Waals surface area contributed by atoms with Gasteiger partial charge in [-0.2, -0.15) is 0 Å². The number of nitrogens with zero attached hydrogens (tertiary/aromatic N) is 2. The molecule has 0 amide bonds. The highest BCUT2D eigenvalue weighted by atomic mass is 16.5. The largest absolute Gasteiger partial charge is 0.508 e. The zero-order chi connectivity index (χ0) is 41.1. The number of carbonyl (C=O) groups excluding carboxylic acids is 1. The summed E-state index contributed by atoms with van der Waals surface area (Å²) in [5, 5.41) is 59.3. The average Bonchev–Trinajstić information content (AvgIpc) is 3.09. The fraction of sp³-hybridized carbons (Fsp3) is 0.250. The molecule has 3 aromatic rings. The van der Waals surface area contributed by atoms with Gasteiger partial charge in [-0.3, -0.25) is 24.0 Å². The third-order valence-corrected chi connectivity index (χ3v) is 9.18. The Hall–Kier alpha value is -7.10. The Morgan fingerprint density at radius 3 is 1.79 bits per heavy atom. The number of aryl methyl sites for hydroxylation is 1. The number of ketones is 1. The van der Waals surface area contributed by atoms with Crippen LogP contribution in [0.2, 0.25) is 0 Å². The van der Waals surface area contributed by atoms with Gasteiger partial charge >= 0.3 is 29.8 Å². The summed E-state index contributed by atoms with van der Waals surface area (Å²) >= 11 is 0. The summed E-state index contributed by atoms with van der Waals surface area (Å²) in [5.41, 5.74) is 2.09. The predicted molar refractivity (Wildman–Crippen MR) is 200 cm³/mol. The zero-order valence-electron chi connectivity index (χ0n) is 30.4. The molecule has 2 aliphatic carbocycles. The third-order valence-electron chi connectivity index (χ3n) is 9.18. The van der Waals surface area contributed by atoms with E-state index in [4.69, 9.17) is 9.47 Å². The van der Waals surface area contributed by atoms with Gasteiger partial charge in [-0.05, 0) is 88.9 Å². The van der Waals surface area contributed by atoms with Crippen molar-refractivity contribution in [2.75, 3.05) is 49.2 Å². The third kappa shape index (κ3) is 8.65. The molecule has 6 N–H and O–H groups in total. The fourth-order valence-corrected chi connectivity index (χ4v) is 6.83. The van der Waals surface area contributed by atoms with Crippen molar-refractivity contribution in [2.45, 2.75) is 26.2 Å². The van der Waals surface area contributed by atoms with Crippen LogP contribution in [0.25, 0.3) is 5.57 Å². The van der Waals surface area contributed by atoms with Gasteiger partial charge in [0.1, 0.15) is 56.6 Å². The Bertz CT molecular complexity index is 2220. The predicted octanol–water partition coefficient (Wildman–Crippen LogP) is 3.97. The number of fused-ring (bicyclic) bond motifs is 2. The number of anilines is 2. The molecule has 5 rings (SSSR count). The number of aromatic carboxylic acids is 1. The number of carbonyl (C=O) groups is 6. The molecule has 0 fully saturated rings. The second-order valence-corrected chi connectivity index (χ2v) is 13.6. The van der Waals surface area contributed by atoms with Gasteiger partial charge in [0.2, 0.25) is 0 Å². The van der Waals surface area contributed by atoms with Crippen molar-refractivity contribution in [1.82, 2.24) is 0 Å². The molecule has 292 valence electrons. The molecule has 0 heterocycles. The minimum absolute atomic E-state index is 0.0699. The Labute approximate surface area is 319 Å². The van der Waals surface area contributed by atoms with Crippen LogP contribution in [0, 0.1) is 6.92 Å². The molecule has 0 aromatic heterocycles. The number of phenolic OH excluding ortho intramolecular Hbond substituents is 1. The maximum Gasteiger partial charge on any atom is 0.336 e. The van der Waals surface area contributed by atoms with Crippen LogP contribution in [0.4, 0.5) is 11.4 Å². The topological polar surface area (TPSA) is 249 Å². The quantitative estimate of drug-likeness (QED) is 0.106. The molecule has 56 heavy (non-hydrogen) atoms. The zero-order valence-corrected chi connectivity index (χ0v) is 30.4. The van der Waals surface area contributed by atoms with Crippen molar-refractivity contribution in [3.8, 4) is 17.2 Å². The smallest absolute Gasteiger partial charge is 0.336 e. The second kappa shape index (κ2) is 16.1. The summed E-state index contributed by atoms with van der Waals surface area (Å²) in [6.07, 6.45) is 4.33. The van der Waals surface area contributed by atoms with E-state index in [9.17, 15) is 59.4 Å². The number of carboxylic acids is 5. The lowest BCUT2D eigenvalue weighted by molar-refractivity contribution is -0.138. The van der Waals surface area contributed by atoms with E-state index >= 15 is 0 Å². The van der Waals surface area contributed by atoms with Crippen LogP contribution in [0.1, 0.15) is 46.5 Å². The highest BCUT2D eigenvalue weighted by Gasteiger charge is 2.39. The van der Waals surface area contributed by atoms with Gasteiger partial charge in [0.15, 0.2) is 5.78 Å². The van der Waals surface area contributed by atoms with Gasteiger partial charge in [-0.25, -0.2) is 4.79 Å². The van der Waals surface area contributed by atoms with Gasteiger partial charge in [0.05, 0.1) is 16.9 Å². The molecule has 0 saturated carbocycles. The number of rotatable bonds is 17. The van der Waals surface area contributed by atoms with Gasteiger partial charge < -0.3 is 49.9 Å². The monoisotopic (exact) mass is 770 g/mol. The maximum atomic E-state index is 13.0. The fourth-order valence-electron chi connectivity index (χ4n) is 6.83. The summed E-state index contributed by atoms with van der Waals surface area (Å²) in [5.74, 6) is -7.21. The highest BCUT2D eigenvalue weighted by Crippen LogP contribution is 2.52. The number of aliphatic carboxylic acids is 4. The maximum absolute atomic E-state index is 13.0. The number of phenols is 1. The van der Waals surface area contributed by atoms with E-state index in [1.165, 1.54) is 36.4 Å². The van der Waals surface area contributed by atoms with E-state index in [2.05, 4.69) is 0 Å². The molecule has 0 spiro atoms. The lowest BCUT2D eigenvalue weighted by Crippen LogP contribution is -2.35. The standard InChI is InChI=1S/C40H38N2O14/c1-21-4-9-30(41(17-34(45)46)18-35(47)48)32(12-21)55-10-11-56-33-16-26(27(39(53)54)15-31(33)42(19-36(49)50)20-37(51)52)38-24-7-5-22(43)13-28(24)40(2,3)29-14-23(44)6-8-25(29)38/h4-9,12-16,43H,10-11,17-20H2,1-3H3,(H,45,46)(H,47,48)(H,49,50)(H,51,52)(H,53,54). The van der Waals surface area contributed by atoms with E-state index in [-0.39, 0.29) is 58.7 Å². The Morgan fingerprint density at radius 1 is 0.679 bits per heavy atom. The Balaban J connectivity index is 1.64. The molecule has 3 aromatic carbocycles. The van der Waals surface area contributed by atoms with Crippen LogP contribution in [0.3, 0.4) is 0 Å². The molecule has 0 aliphatic heterocycles. The van der Waals surface area contributed by atoms with E-state index in [1.807, 2.05) is 13.8 Å². The van der Waals surface area contributed by atoms with Crippen molar-refractivity contribution in [2.24, 2.45) is 0 Å². The number of hydrogen-bond donors (Lipinski definition) is 6. The minimum Gasteiger partial charge on any atom is -0.508 e. The molecular weight excluding hydrogens is 732 g/mol. The normalized spacial score (nSPS) is 13.9. The molecule has 16 heteroatoms. The van der Waals surface area contributed by atoms with Crippen LogP contribution in [-0.4, -0.2) is 106 Å². The number of aromatic hydroxyl groups is 1. The number of benzene rings is 3. The SMILES string of the molecule is Cc1ccc(N(CC(=O)O)CC(=O)O)c(OCCOc2cc(C3=C4C=CC(=O)C=C4C(C)(C)c4cc(O)ccc43)c(C(=O)O)cc2N(CC(=O)O)CC(=O)O)c1. The molecule has 0 unspecified atom stereocenters. The first-order valence-electron chi connectivity index (χ1n) is 17.0. The molecular formula is C40H38N2O14. The van der Waals surface area contributed by atoms with Crippen LogP contribution in [0.15, 0.2) is 77.9 Å². The molecule has 0 saturated heterocycles. The van der Waals surface area contributed by atoms with Crippen molar-refractivity contribution < 1.29 is 68.9 Å². The van der Waals surface area contributed by atoms with Crippen LogP contribution in [-0.2, 0) is 29.4 Å². The summed E-state index contributed by atoms with van der Waals surface area (Å²) < 4.78 is 12.1. The Morgan fingerprint density at radius 2 is 1.23 bits per heavy atom. The van der Waals surface area contributed by atoms with E-state index in [0.717, 1.165) is 15.9 Å². The highest BCUT2D eigenvalue weighted by molar-refractivity contribution is 6.08. The molecule has 0 radical (unpaired) electrons. The van der Waals surface area contributed by atoms with Crippen molar-refractivity contribution in [1.29, 1.82) is 0 Å². The van der Waals surface area contributed by atoms with Crippen molar-refractivity contribution in [3.63, 3.8) is 0 Å². The number of ether oxygens (including phenoxy) is 2. The lowest BCUT2D eigenvalue weighted by Gasteiger charge is -2.39. The Kier molecular flexibility index (Phi) is 11.5. The lowest BCUT2D eigenvalue weighted by atomic mass is 9.64. The van der Waals surface area contributed by atoms with Crippen molar-refractivity contribution in [3.05, 3.63) is 106 Å². The summed E-state index contributed by atoms with van der Waals surface area (Å²) in [7, 11) is 0. The molecule has 0 atom stereocenters. The first kappa shape index (κ1) is 40.1. The first-order chi connectivity index (χ1) is 26.4. The van der Waals surface area contributed by atoms with Crippen LogP contribution in [0.5, 0.6) is 17.2 Å². The van der Waals surface area contributed by atoms with Crippen LogP contribution < -0.4 is 19.3 Å². The van der Waals surface area contributed by atoms with E-state index in [0.29, 0.717) is 33.4 Å². The average molecular weight is 771 g/mol. The first-order valence-corrected chi connectivity index (χ1v) is 17.0. The summed E-state index contributed by atoms with van der Waals surface area (Å²) in [6.45, 7) is 1.90. The second-order valence-electron chi connectivity index (χ2n) is 13.6. The van der Waals surface area contributed by atoms with Crippen LogP contribution >= 0.6 is 0 Å². The summed E-state index contributed by atoms with van der Waals surface area (Å²) in [6, 6.07) is 11.7. The molecule has 0 bridgehead atoms. The number of allylic oxidation sites excluding steroid dienone is 5. The van der Waals surface area contributed by atoms with E-state index in [1.54, 1.807) is 31.2 Å².